The highest BCUT2D eigenvalue weighted by Gasteiger charge is 2.34. The Kier molecular flexibility index (Phi) is 4.11. The molecule has 118 valence electrons. The minimum absolute atomic E-state index is 0.0111. The van der Waals surface area contributed by atoms with Gasteiger partial charge < -0.3 is 5.32 Å². The summed E-state index contributed by atoms with van der Waals surface area (Å²) in [7, 11) is 0. The number of rotatable bonds is 4. The number of benzene rings is 1. The fourth-order valence-corrected chi connectivity index (χ4v) is 3.36. The van der Waals surface area contributed by atoms with Crippen LogP contribution in [-0.4, -0.2) is 47.9 Å². The lowest BCUT2D eigenvalue weighted by Gasteiger charge is -2.26. The maximum atomic E-state index is 14.1. The molecule has 2 fully saturated rings. The van der Waals surface area contributed by atoms with Gasteiger partial charge in [0.1, 0.15) is 5.82 Å². The Labute approximate surface area is 129 Å². The predicted octanol–water partition coefficient (Wildman–Crippen LogP) is 1.76. The van der Waals surface area contributed by atoms with Gasteiger partial charge in [-0.3, -0.25) is 14.6 Å². The van der Waals surface area contributed by atoms with Crippen LogP contribution < -0.4 is 5.32 Å². The minimum atomic E-state index is -0.334. The Morgan fingerprint density at radius 2 is 2.05 bits per heavy atom. The van der Waals surface area contributed by atoms with Gasteiger partial charge in [0.25, 0.3) is 0 Å². The van der Waals surface area contributed by atoms with Crippen LogP contribution in [0, 0.1) is 11.7 Å². The monoisotopic (exact) mass is 305 g/mol. The van der Waals surface area contributed by atoms with Crippen molar-refractivity contribution in [1.82, 2.24) is 15.1 Å². The molecule has 3 rings (SSSR count). The van der Waals surface area contributed by atoms with Crippen molar-refractivity contribution >= 4 is 11.9 Å². The van der Waals surface area contributed by atoms with Gasteiger partial charge >= 0.3 is 6.03 Å². The molecule has 0 aromatic heterocycles. The molecule has 0 unspecified atom stereocenters. The van der Waals surface area contributed by atoms with Crippen LogP contribution in [0.2, 0.25) is 0 Å². The van der Waals surface area contributed by atoms with E-state index in [9.17, 15) is 14.0 Å². The topological polar surface area (TPSA) is 52.6 Å². The van der Waals surface area contributed by atoms with Gasteiger partial charge in [-0.05, 0) is 18.4 Å². The normalized spacial score (nSPS) is 25.8. The summed E-state index contributed by atoms with van der Waals surface area (Å²) in [4.78, 5) is 26.6. The smallest absolute Gasteiger partial charge is 0.324 e. The summed E-state index contributed by atoms with van der Waals surface area (Å²) in [6, 6.07) is 6.51. The quantitative estimate of drug-likeness (QED) is 0.863. The first-order chi connectivity index (χ1) is 10.6. The first kappa shape index (κ1) is 15.0. The summed E-state index contributed by atoms with van der Waals surface area (Å²) in [5, 5.41) is 2.51. The highest BCUT2D eigenvalue weighted by Crippen LogP contribution is 2.36. The third-order valence-electron chi connectivity index (χ3n) is 4.42. The number of imide groups is 1. The SMILES string of the molecule is C[C@@H]1C[C@@H](c2ccccc2F)N(CCN2C(=O)CNC2=O)C1. The molecule has 2 saturated heterocycles. The van der Waals surface area contributed by atoms with Crippen LogP contribution in [0.25, 0.3) is 0 Å². The molecule has 22 heavy (non-hydrogen) atoms. The summed E-state index contributed by atoms with van der Waals surface area (Å²) in [6.45, 7) is 3.99. The van der Waals surface area contributed by atoms with Crippen LogP contribution >= 0.6 is 0 Å². The summed E-state index contributed by atoms with van der Waals surface area (Å²) < 4.78 is 14.1. The second-order valence-electron chi connectivity index (χ2n) is 6.08. The Bertz CT molecular complexity index is 577. The molecule has 2 heterocycles. The highest BCUT2D eigenvalue weighted by atomic mass is 19.1. The maximum absolute atomic E-state index is 14.1. The number of hydrogen-bond donors (Lipinski definition) is 1. The predicted molar refractivity (Wildman–Crippen MR) is 79.6 cm³/mol. The summed E-state index contributed by atoms with van der Waals surface area (Å²) in [5.41, 5.74) is 0.698. The van der Waals surface area contributed by atoms with Gasteiger partial charge in [0.15, 0.2) is 0 Å². The molecule has 0 spiro atoms. The molecule has 2 atom stereocenters. The fraction of sp³-hybridized carbons (Fsp3) is 0.500. The van der Waals surface area contributed by atoms with Crippen molar-refractivity contribution in [2.75, 3.05) is 26.2 Å². The molecule has 2 aliphatic rings. The third kappa shape index (κ3) is 2.83. The van der Waals surface area contributed by atoms with E-state index in [1.807, 2.05) is 12.1 Å². The summed E-state index contributed by atoms with van der Waals surface area (Å²) >= 11 is 0. The number of amides is 3. The first-order valence-electron chi connectivity index (χ1n) is 7.63. The van der Waals surface area contributed by atoms with Crippen molar-refractivity contribution in [3.8, 4) is 0 Å². The Morgan fingerprint density at radius 3 is 2.73 bits per heavy atom. The summed E-state index contributed by atoms with van der Waals surface area (Å²) in [6.07, 6.45) is 0.890. The second kappa shape index (κ2) is 6.04. The maximum Gasteiger partial charge on any atom is 0.324 e. The van der Waals surface area contributed by atoms with Crippen molar-refractivity contribution in [2.45, 2.75) is 19.4 Å². The molecule has 1 aromatic carbocycles. The third-order valence-corrected chi connectivity index (χ3v) is 4.42. The lowest BCUT2D eigenvalue weighted by Crippen LogP contribution is -2.39. The molecular formula is C16H20FN3O2. The molecular weight excluding hydrogens is 285 g/mol. The van der Waals surface area contributed by atoms with Crippen LogP contribution in [0.15, 0.2) is 24.3 Å². The van der Waals surface area contributed by atoms with Gasteiger partial charge in [0.05, 0.1) is 6.54 Å². The molecule has 2 aliphatic heterocycles. The molecule has 3 amide bonds. The molecule has 0 bridgehead atoms. The van der Waals surface area contributed by atoms with E-state index in [1.165, 1.54) is 11.0 Å². The average Bonchev–Trinajstić information content (AvgIpc) is 3.01. The fourth-order valence-electron chi connectivity index (χ4n) is 3.36. The van der Waals surface area contributed by atoms with Crippen LogP contribution in [0.3, 0.4) is 0 Å². The van der Waals surface area contributed by atoms with E-state index < -0.39 is 0 Å². The van der Waals surface area contributed by atoms with Crippen LogP contribution in [0.4, 0.5) is 9.18 Å². The van der Waals surface area contributed by atoms with Gasteiger partial charge in [0.2, 0.25) is 5.91 Å². The number of hydrogen-bond acceptors (Lipinski definition) is 3. The molecule has 1 N–H and O–H groups in total. The molecule has 1 aromatic rings. The number of likely N-dealkylation sites (tertiary alicyclic amines) is 1. The molecule has 0 aliphatic carbocycles. The highest BCUT2D eigenvalue weighted by molar-refractivity contribution is 6.01. The van der Waals surface area contributed by atoms with Gasteiger partial charge in [0, 0.05) is 31.2 Å². The molecule has 6 heteroatoms. The Morgan fingerprint density at radius 1 is 1.27 bits per heavy atom. The Balaban J connectivity index is 1.70. The number of carbonyl (C=O) groups excluding carboxylic acids is 2. The second-order valence-corrected chi connectivity index (χ2v) is 6.08. The van der Waals surface area contributed by atoms with Crippen molar-refractivity contribution in [2.24, 2.45) is 5.92 Å². The average molecular weight is 305 g/mol. The summed E-state index contributed by atoms with van der Waals surface area (Å²) in [5.74, 6) is 0.0778. The molecule has 5 nitrogen and oxygen atoms in total. The molecule has 0 radical (unpaired) electrons. The van der Waals surface area contributed by atoms with E-state index >= 15 is 0 Å². The Hall–Kier alpha value is -1.95. The van der Waals surface area contributed by atoms with Crippen LogP contribution in [-0.2, 0) is 4.79 Å². The number of nitrogens with zero attached hydrogens (tertiary/aromatic N) is 2. The van der Waals surface area contributed by atoms with Crippen molar-refractivity contribution in [3.05, 3.63) is 35.6 Å². The number of halogens is 1. The van der Waals surface area contributed by atoms with Crippen molar-refractivity contribution in [1.29, 1.82) is 0 Å². The number of carbonyl (C=O) groups is 2. The van der Waals surface area contributed by atoms with Crippen LogP contribution in [0.5, 0.6) is 0 Å². The lowest BCUT2D eigenvalue weighted by atomic mass is 10.0. The van der Waals surface area contributed by atoms with Crippen LogP contribution in [0.1, 0.15) is 24.9 Å². The van der Waals surface area contributed by atoms with Gasteiger partial charge in [-0.25, -0.2) is 9.18 Å². The van der Waals surface area contributed by atoms with Crippen molar-refractivity contribution in [3.63, 3.8) is 0 Å². The zero-order chi connectivity index (χ0) is 15.7. The molecule has 0 saturated carbocycles. The van der Waals surface area contributed by atoms with Gasteiger partial charge in [-0.2, -0.15) is 0 Å². The minimum Gasteiger partial charge on any atom is -0.329 e. The first-order valence-corrected chi connectivity index (χ1v) is 7.63. The van der Waals surface area contributed by atoms with E-state index in [-0.39, 0.29) is 30.3 Å². The zero-order valence-corrected chi connectivity index (χ0v) is 12.6. The van der Waals surface area contributed by atoms with E-state index in [0.717, 1.165) is 13.0 Å². The van der Waals surface area contributed by atoms with E-state index in [4.69, 9.17) is 0 Å². The largest absolute Gasteiger partial charge is 0.329 e. The van der Waals surface area contributed by atoms with E-state index in [2.05, 4.69) is 17.1 Å². The van der Waals surface area contributed by atoms with E-state index in [1.54, 1.807) is 6.07 Å². The lowest BCUT2D eigenvalue weighted by molar-refractivity contribution is -0.125. The zero-order valence-electron chi connectivity index (χ0n) is 12.6. The number of urea groups is 1. The van der Waals surface area contributed by atoms with E-state index in [0.29, 0.717) is 24.6 Å². The van der Waals surface area contributed by atoms with Gasteiger partial charge in [-0.15, -0.1) is 0 Å². The van der Waals surface area contributed by atoms with Gasteiger partial charge in [-0.1, -0.05) is 25.1 Å². The van der Waals surface area contributed by atoms with Crippen molar-refractivity contribution < 1.29 is 14.0 Å². The number of nitrogens with one attached hydrogen (secondary N) is 1. The standard InChI is InChI=1S/C16H20FN3O2/c1-11-8-14(12-4-2-3-5-13(12)17)19(10-11)6-7-20-15(21)9-18-16(20)22/h2-5,11,14H,6-10H2,1H3,(H,18,22)/t11-,14+/m1/s1.